The number of amides is 1. The van der Waals surface area contributed by atoms with Gasteiger partial charge in [-0.3, -0.25) is 4.79 Å². The molecule has 0 aliphatic heterocycles. The molecule has 0 atom stereocenters. The minimum absolute atomic E-state index is 0.00207. The minimum Gasteiger partial charge on any atom is -0.356 e. The van der Waals surface area contributed by atoms with E-state index in [0.29, 0.717) is 18.7 Å². The van der Waals surface area contributed by atoms with E-state index in [2.05, 4.69) is 15.4 Å². The Kier molecular flexibility index (Phi) is 5.72. The largest absolute Gasteiger partial charge is 0.356 e. The lowest BCUT2D eigenvalue weighted by atomic mass is 10.0. The Morgan fingerprint density at radius 1 is 1.27 bits per heavy atom. The topological polar surface area (TPSA) is 58.4 Å². The number of nitrogens with zero attached hydrogens (tertiary/aromatic N) is 2. The number of rotatable bonds is 7. The van der Waals surface area contributed by atoms with Crippen LogP contribution in [-0.4, -0.2) is 43.1 Å². The highest BCUT2D eigenvalue weighted by Gasteiger charge is 2.17. The molecule has 118 valence electrons. The normalized spacial score (nSPS) is 10.9. The molecule has 0 fully saturated rings. The first-order valence-electron chi connectivity index (χ1n) is 7.50. The molecule has 5 heteroatoms. The van der Waals surface area contributed by atoms with Crippen molar-refractivity contribution in [3.05, 3.63) is 41.6 Å². The first-order valence-corrected chi connectivity index (χ1v) is 7.50. The molecule has 0 unspecified atom stereocenters. The molecule has 1 amide bonds. The third-order valence-corrected chi connectivity index (χ3v) is 3.46. The van der Waals surface area contributed by atoms with Crippen LogP contribution in [-0.2, 0) is 11.2 Å². The minimum atomic E-state index is 0.00207. The van der Waals surface area contributed by atoms with Crippen molar-refractivity contribution >= 4 is 5.91 Å². The van der Waals surface area contributed by atoms with E-state index in [1.165, 1.54) is 0 Å². The number of hydrogen-bond donors (Lipinski definition) is 1. The van der Waals surface area contributed by atoms with Crippen molar-refractivity contribution in [2.75, 3.05) is 27.2 Å². The van der Waals surface area contributed by atoms with Crippen molar-refractivity contribution in [3.8, 4) is 11.3 Å². The molecule has 0 bridgehead atoms. The monoisotopic (exact) mass is 301 g/mol. The molecule has 22 heavy (non-hydrogen) atoms. The van der Waals surface area contributed by atoms with Crippen LogP contribution < -0.4 is 5.32 Å². The van der Waals surface area contributed by atoms with Crippen molar-refractivity contribution in [1.82, 2.24) is 15.4 Å². The Balaban J connectivity index is 1.98. The maximum absolute atomic E-state index is 12.1. The van der Waals surface area contributed by atoms with Crippen LogP contribution in [0.5, 0.6) is 0 Å². The zero-order valence-electron chi connectivity index (χ0n) is 13.4. The Labute approximate surface area is 131 Å². The predicted octanol–water partition coefficient (Wildman–Crippen LogP) is 2.26. The summed E-state index contributed by atoms with van der Waals surface area (Å²) in [5.41, 5.74) is 2.57. The lowest BCUT2D eigenvalue weighted by molar-refractivity contribution is -0.120. The highest BCUT2D eigenvalue weighted by molar-refractivity contribution is 5.81. The van der Waals surface area contributed by atoms with Crippen molar-refractivity contribution < 1.29 is 9.32 Å². The molecule has 1 N–H and O–H groups in total. The smallest absolute Gasteiger partial charge is 0.224 e. The van der Waals surface area contributed by atoms with Crippen LogP contribution in [0.2, 0.25) is 0 Å². The third-order valence-electron chi connectivity index (χ3n) is 3.46. The summed E-state index contributed by atoms with van der Waals surface area (Å²) in [6.45, 7) is 3.51. The van der Waals surface area contributed by atoms with Gasteiger partial charge in [-0.05, 0) is 34.0 Å². The fraction of sp³-hybridized carbons (Fsp3) is 0.412. The molecular formula is C17H23N3O2. The Morgan fingerprint density at radius 2 is 2.00 bits per heavy atom. The zero-order chi connectivity index (χ0) is 15.9. The van der Waals surface area contributed by atoms with Gasteiger partial charge in [0, 0.05) is 17.7 Å². The summed E-state index contributed by atoms with van der Waals surface area (Å²) in [5, 5.41) is 6.95. The van der Waals surface area contributed by atoms with Gasteiger partial charge in [-0.1, -0.05) is 35.5 Å². The van der Waals surface area contributed by atoms with E-state index in [-0.39, 0.29) is 5.91 Å². The van der Waals surface area contributed by atoms with E-state index < -0.39 is 0 Å². The number of aromatic nitrogens is 1. The van der Waals surface area contributed by atoms with Crippen LogP contribution in [0.3, 0.4) is 0 Å². The standard InChI is InChI=1S/C17H23N3O2/c1-13-15(12-16(21)18-10-7-11-20(2)3)17(22-19-13)14-8-5-4-6-9-14/h4-6,8-9H,7,10-12H2,1-3H3,(H,18,21). The Morgan fingerprint density at radius 3 is 2.68 bits per heavy atom. The molecule has 1 aromatic heterocycles. The summed E-state index contributed by atoms with van der Waals surface area (Å²) in [6.07, 6.45) is 1.23. The fourth-order valence-electron chi connectivity index (χ4n) is 2.26. The maximum atomic E-state index is 12.1. The van der Waals surface area contributed by atoms with Gasteiger partial charge in [-0.15, -0.1) is 0 Å². The number of nitrogens with one attached hydrogen (secondary N) is 1. The average Bonchev–Trinajstić information content (AvgIpc) is 2.86. The number of hydrogen-bond acceptors (Lipinski definition) is 4. The Hall–Kier alpha value is -2.14. The summed E-state index contributed by atoms with van der Waals surface area (Å²) in [4.78, 5) is 14.2. The summed E-state index contributed by atoms with van der Waals surface area (Å²) in [5.74, 6) is 0.684. The van der Waals surface area contributed by atoms with Crippen molar-refractivity contribution in [3.63, 3.8) is 0 Å². The highest BCUT2D eigenvalue weighted by Crippen LogP contribution is 2.26. The summed E-state index contributed by atoms with van der Waals surface area (Å²) >= 11 is 0. The van der Waals surface area contributed by atoms with Gasteiger partial charge in [0.2, 0.25) is 5.91 Å². The molecule has 2 aromatic rings. The summed E-state index contributed by atoms with van der Waals surface area (Å²) in [7, 11) is 4.04. The van der Waals surface area contributed by atoms with Gasteiger partial charge in [0.1, 0.15) is 0 Å². The van der Waals surface area contributed by atoms with Gasteiger partial charge in [-0.25, -0.2) is 0 Å². The molecule has 5 nitrogen and oxygen atoms in total. The van der Waals surface area contributed by atoms with Gasteiger partial charge in [0.15, 0.2) is 5.76 Å². The molecule has 0 saturated heterocycles. The molecule has 0 radical (unpaired) electrons. The van der Waals surface area contributed by atoms with Gasteiger partial charge < -0.3 is 14.7 Å². The quantitative estimate of drug-likeness (QED) is 0.797. The van der Waals surface area contributed by atoms with E-state index in [4.69, 9.17) is 4.52 Å². The van der Waals surface area contributed by atoms with Gasteiger partial charge in [0.05, 0.1) is 12.1 Å². The van der Waals surface area contributed by atoms with E-state index >= 15 is 0 Å². The number of benzene rings is 1. The van der Waals surface area contributed by atoms with E-state index in [1.807, 2.05) is 51.4 Å². The zero-order valence-corrected chi connectivity index (χ0v) is 13.4. The van der Waals surface area contributed by atoms with E-state index in [9.17, 15) is 4.79 Å². The van der Waals surface area contributed by atoms with Crippen molar-refractivity contribution in [1.29, 1.82) is 0 Å². The van der Waals surface area contributed by atoms with Crippen LogP contribution in [0.25, 0.3) is 11.3 Å². The molecule has 2 rings (SSSR count). The van der Waals surface area contributed by atoms with Gasteiger partial charge in [-0.2, -0.15) is 0 Å². The fourth-order valence-corrected chi connectivity index (χ4v) is 2.26. The summed E-state index contributed by atoms with van der Waals surface area (Å²) in [6, 6.07) is 9.75. The maximum Gasteiger partial charge on any atom is 0.224 e. The number of carbonyl (C=O) groups is 1. The van der Waals surface area contributed by atoms with Crippen molar-refractivity contribution in [2.45, 2.75) is 19.8 Å². The molecular weight excluding hydrogens is 278 g/mol. The molecule has 0 saturated carbocycles. The molecule has 1 aromatic carbocycles. The van der Waals surface area contributed by atoms with Crippen LogP contribution in [0.15, 0.2) is 34.9 Å². The summed E-state index contributed by atoms with van der Waals surface area (Å²) < 4.78 is 5.40. The Bertz CT molecular complexity index is 606. The molecule has 0 aliphatic rings. The molecule has 0 aliphatic carbocycles. The second kappa shape index (κ2) is 7.75. The van der Waals surface area contributed by atoms with Crippen LogP contribution in [0, 0.1) is 6.92 Å². The molecule has 1 heterocycles. The van der Waals surface area contributed by atoms with Crippen LogP contribution in [0.4, 0.5) is 0 Å². The predicted molar refractivity (Wildman–Crippen MR) is 86.6 cm³/mol. The SMILES string of the molecule is Cc1noc(-c2ccccc2)c1CC(=O)NCCCN(C)C. The van der Waals surface area contributed by atoms with Gasteiger partial charge >= 0.3 is 0 Å². The second-order valence-electron chi connectivity index (χ2n) is 5.63. The van der Waals surface area contributed by atoms with E-state index in [1.54, 1.807) is 0 Å². The average molecular weight is 301 g/mol. The van der Waals surface area contributed by atoms with Crippen LogP contribution in [0.1, 0.15) is 17.7 Å². The lowest BCUT2D eigenvalue weighted by Crippen LogP contribution is -2.28. The molecule has 0 spiro atoms. The van der Waals surface area contributed by atoms with Crippen LogP contribution >= 0.6 is 0 Å². The third kappa shape index (κ3) is 4.43. The first-order chi connectivity index (χ1) is 10.6. The highest BCUT2D eigenvalue weighted by atomic mass is 16.5. The lowest BCUT2D eigenvalue weighted by Gasteiger charge is -2.10. The van der Waals surface area contributed by atoms with Crippen molar-refractivity contribution in [2.24, 2.45) is 0 Å². The second-order valence-corrected chi connectivity index (χ2v) is 5.63. The number of aryl methyl sites for hydroxylation is 1. The van der Waals surface area contributed by atoms with E-state index in [0.717, 1.165) is 29.8 Å². The first kappa shape index (κ1) is 16.2. The number of carbonyl (C=O) groups excluding carboxylic acids is 1. The van der Waals surface area contributed by atoms with Gasteiger partial charge in [0.25, 0.3) is 0 Å².